The highest BCUT2D eigenvalue weighted by Crippen LogP contribution is 2.63. The van der Waals surface area contributed by atoms with Gasteiger partial charge in [0.15, 0.2) is 0 Å². The Morgan fingerprint density at radius 3 is 2.00 bits per heavy atom. The maximum Gasteiger partial charge on any atom is 0.311 e. The van der Waals surface area contributed by atoms with Crippen molar-refractivity contribution in [2.45, 2.75) is 72.6 Å². The Bertz CT molecular complexity index is 382. The molecule has 2 heteroatoms. The second-order valence-corrected chi connectivity index (χ2v) is 8.70. The highest BCUT2D eigenvalue weighted by molar-refractivity contribution is 5.75. The molecule has 0 atom stereocenters. The number of hydrogen-bond acceptors (Lipinski definition) is 2. The molecule has 0 aliphatic heterocycles. The highest BCUT2D eigenvalue weighted by Gasteiger charge is 2.56. The molecule has 0 radical (unpaired) electrons. The second-order valence-electron chi connectivity index (χ2n) is 8.70. The molecule has 4 bridgehead atoms. The molecule has 4 rings (SSSR count). The topological polar surface area (TPSA) is 26.3 Å². The summed E-state index contributed by atoms with van der Waals surface area (Å²) in [4.78, 5) is 12.4. The van der Waals surface area contributed by atoms with Crippen LogP contribution in [0.2, 0.25) is 0 Å². The van der Waals surface area contributed by atoms with Gasteiger partial charge in [0.25, 0.3) is 0 Å². The van der Waals surface area contributed by atoms with Crippen molar-refractivity contribution in [3.05, 3.63) is 0 Å². The summed E-state index contributed by atoms with van der Waals surface area (Å²) in [5.41, 5.74) is -0.0340. The Labute approximate surface area is 130 Å². The first-order valence-corrected chi connectivity index (χ1v) is 9.08. The molecule has 0 aromatic rings. The average Bonchev–Trinajstić information content (AvgIpc) is 2.46. The van der Waals surface area contributed by atoms with Crippen LogP contribution < -0.4 is 0 Å². The smallest absolute Gasteiger partial charge is 0.311 e. The molecule has 0 N–H and O–H groups in total. The van der Waals surface area contributed by atoms with Gasteiger partial charge in [0.05, 0.1) is 12.0 Å². The van der Waals surface area contributed by atoms with Crippen LogP contribution in [0.15, 0.2) is 0 Å². The van der Waals surface area contributed by atoms with E-state index in [1.165, 1.54) is 38.5 Å². The zero-order valence-electron chi connectivity index (χ0n) is 14.3. The molecule has 4 fully saturated rings. The van der Waals surface area contributed by atoms with Crippen LogP contribution in [0.1, 0.15) is 72.6 Å². The van der Waals surface area contributed by atoms with E-state index in [1.807, 2.05) is 13.8 Å². The van der Waals surface area contributed by atoms with Crippen LogP contribution in [0.3, 0.4) is 0 Å². The summed E-state index contributed by atoms with van der Waals surface area (Å²) in [5, 5.41) is 0. The van der Waals surface area contributed by atoms with Crippen LogP contribution in [-0.4, -0.2) is 12.6 Å². The molecule has 0 heterocycles. The van der Waals surface area contributed by atoms with Crippen LogP contribution >= 0.6 is 0 Å². The minimum atomic E-state index is -0.332. The van der Waals surface area contributed by atoms with Crippen LogP contribution in [0, 0.1) is 34.5 Å². The van der Waals surface area contributed by atoms with E-state index < -0.39 is 0 Å². The molecule has 4 aliphatic carbocycles. The first-order valence-electron chi connectivity index (χ1n) is 9.08. The lowest BCUT2D eigenvalue weighted by Crippen LogP contribution is -2.55. The Morgan fingerprint density at radius 2 is 1.57 bits per heavy atom. The Kier molecular flexibility index (Phi) is 3.86. The van der Waals surface area contributed by atoms with Crippen molar-refractivity contribution in [1.29, 1.82) is 0 Å². The summed E-state index contributed by atoms with van der Waals surface area (Å²) < 4.78 is 5.88. The SMILES string of the molecule is CCC(C)(C)C(=O)OCC1(CC)C2CC3CC(C2)CC1C3. The van der Waals surface area contributed by atoms with Gasteiger partial charge in [0, 0.05) is 5.41 Å². The first-order chi connectivity index (χ1) is 9.91. The molecule has 4 saturated carbocycles. The van der Waals surface area contributed by atoms with Crippen molar-refractivity contribution in [2.75, 3.05) is 6.61 Å². The fourth-order valence-electron chi connectivity index (χ4n) is 5.58. The fraction of sp³-hybridized carbons (Fsp3) is 0.947. The summed E-state index contributed by atoms with van der Waals surface area (Å²) in [6, 6.07) is 0. The third-order valence-corrected chi connectivity index (χ3v) is 7.33. The van der Waals surface area contributed by atoms with Gasteiger partial charge in [-0.2, -0.15) is 0 Å². The van der Waals surface area contributed by atoms with E-state index in [0.717, 1.165) is 30.1 Å². The monoisotopic (exact) mass is 292 g/mol. The van der Waals surface area contributed by atoms with Crippen molar-refractivity contribution < 1.29 is 9.53 Å². The van der Waals surface area contributed by atoms with Crippen LogP contribution in [-0.2, 0) is 9.53 Å². The molecule has 21 heavy (non-hydrogen) atoms. The van der Waals surface area contributed by atoms with Gasteiger partial charge in [-0.3, -0.25) is 4.79 Å². The molecule has 0 aromatic heterocycles. The maximum absolute atomic E-state index is 12.4. The number of ether oxygens (including phenoxy) is 1. The summed E-state index contributed by atoms with van der Waals surface area (Å²) in [6.45, 7) is 9.08. The van der Waals surface area contributed by atoms with Crippen molar-refractivity contribution in [3.63, 3.8) is 0 Å². The van der Waals surface area contributed by atoms with E-state index >= 15 is 0 Å². The van der Waals surface area contributed by atoms with Gasteiger partial charge in [0.1, 0.15) is 0 Å². The summed E-state index contributed by atoms with van der Waals surface area (Å²) in [6.07, 6.45) is 9.11. The average molecular weight is 292 g/mol. The zero-order chi connectivity index (χ0) is 15.3. The fourth-order valence-corrected chi connectivity index (χ4v) is 5.58. The highest BCUT2D eigenvalue weighted by atomic mass is 16.5. The maximum atomic E-state index is 12.4. The number of hydrogen-bond donors (Lipinski definition) is 0. The predicted octanol–water partition coefficient (Wildman–Crippen LogP) is 4.82. The number of rotatable bonds is 5. The normalized spacial score (nSPS) is 41.3. The third kappa shape index (κ3) is 2.43. The lowest BCUT2D eigenvalue weighted by Gasteiger charge is -2.61. The predicted molar refractivity (Wildman–Crippen MR) is 84.8 cm³/mol. The van der Waals surface area contributed by atoms with Gasteiger partial charge in [-0.05, 0) is 82.5 Å². The molecule has 0 unspecified atom stereocenters. The van der Waals surface area contributed by atoms with Crippen LogP contribution in [0.4, 0.5) is 0 Å². The largest absolute Gasteiger partial charge is 0.465 e. The Balaban J connectivity index is 1.71. The van der Waals surface area contributed by atoms with Crippen molar-refractivity contribution in [2.24, 2.45) is 34.5 Å². The van der Waals surface area contributed by atoms with Gasteiger partial charge >= 0.3 is 5.97 Å². The van der Waals surface area contributed by atoms with E-state index in [2.05, 4.69) is 13.8 Å². The number of carbonyl (C=O) groups excluding carboxylic acids is 1. The third-order valence-electron chi connectivity index (χ3n) is 7.33. The summed E-state index contributed by atoms with van der Waals surface area (Å²) >= 11 is 0. The van der Waals surface area contributed by atoms with E-state index in [-0.39, 0.29) is 11.4 Å². The number of carbonyl (C=O) groups is 1. The lowest BCUT2D eigenvalue weighted by atomic mass is 9.45. The van der Waals surface area contributed by atoms with Crippen LogP contribution in [0.5, 0.6) is 0 Å². The van der Waals surface area contributed by atoms with E-state index in [9.17, 15) is 4.79 Å². The van der Waals surface area contributed by atoms with E-state index in [1.54, 1.807) is 0 Å². The van der Waals surface area contributed by atoms with Gasteiger partial charge in [-0.15, -0.1) is 0 Å². The minimum Gasteiger partial charge on any atom is -0.465 e. The molecule has 120 valence electrons. The molecule has 0 saturated heterocycles. The van der Waals surface area contributed by atoms with E-state index in [4.69, 9.17) is 4.74 Å². The first kappa shape index (κ1) is 15.4. The molecular weight excluding hydrogens is 260 g/mol. The second kappa shape index (κ2) is 5.28. The van der Waals surface area contributed by atoms with Gasteiger partial charge in [-0.25, -0.2) is 0 Å². The lowest BCUT2D eigenvalue weighted by molar-refractivity contribution is -0.176. The summed E-state index contributed by atoms with van der Waals surface area (Å²) in [7, 11) is 0. The number of esters is 1. The van der Waals surface area contributed by atoms with E-state index in [0.29, 0.717) is 12.0 Å². The minimum absolute atomic E-state index is 0.00614. The van der Waals surface area contributed by atoms with Crippen LogP contribution in [0.25, 0.3) is 0 Å². The Morgan fingerprint density at radius 1 is 1.05 bits per heavy atom. The molecular formula is C19H32O2. The van der Waals surface area contributed by atoms with Gasteiger partial charge in [-0.1, -0.05) is 13.8 Å². The molecule has 2 nitrogen and oxygen atoms in total. The van der Waals surface area contributed by atoms with Crippen molar-refractivity contribution in [3.8, 4) is 0 Å². The molecule has 0 amide bonds. The molecule has 0 spiro atoms. The van der Waals surface area contributed by atoms with Gasteiger partial charge in [0.2, 0.25) is 0 Å². The molecule has 4 aliphatic rings. The standard InChI is InChI=1S/C19H32O2/c1-5-18(3,4)17(20)21-12-19(6-2)15-8-13-7-14(10-15)11-16(19)9-13/h13-16H,5-12H2,1-4H3. The van der Waals surface area contributed by atoms with Crippen molar-refractivity contribution >= 4 is 5.97 Å². The Hall–Kier alpha value is -0.530. The van der Waals surface area contributed by atoms with Gasteiger partial charge < -0.3 is 4.74 Å². The quantitative estimate of drug-likeness (QED) is 0.679. The van der Waals surface area contributed by atoms with Crippen molar-refractivity contribution in [1.82, 2.24) is 0 Å². The summed E-state index contributed by atoms with van der Waals surface area (Å²) in [5.74, 6) is 3.60. The zero-order valence-corrected chi connectivity index (χ0v) is 14.3. The molecule has 0 aromatic carbocycles.